The molecule has 0 bridgehead atoms. The molecule has 0 aliphatic carbocycles. The third kappa shape index (κ3) is 12.0. The van der Waals surface area contributed by atoms with Crippen molar-refractivity contribution in [1.29, 1.82) is 0 Å². The lowest BCUT2D eigenvalue weighted by molar-refractivity contribution is -0.947. The summed E-state index contributed by atoms with van der Waals surface area (Å²) in [7, 11) is -0.678. The van der Waals surface area contributed by atoms with E-state index in [2.05, 4.69) is 125 Å². The van der Waals surface area contributed by atoms with Crippen LogP contribution in [0.1, 0.15) is 214 Å². The Morgan fingerprint density at radius 2 is 0.673 bits per heavy atom. The molecule has 0 saturated carbocycles. The lowest BCUT2D eigenvalue weighted by Gasteiger charge is -2.60. The summed E-state index contributed by atoms with van der Waals surface area (Å²) in [5.41, 5.74) is 2.57. The van der Waals surface area contributed by atoms with Crippen LogP contribution < -0.4 is 19.6 Å². The van der Waals surface area contributed by atoms with Crippen molar-refractivity contribution in [3.05, 3.63) is 0 Å². The Hall–Kier alpha value is -0.0000000000000000555. The van der Waals surface area contributed by atoms with Crippen molar-refractivity contribution < 1.29 is 28.3 Å². The van der Waals surface area contributed by atoms with E-state index in [9.17, 15) is 4.20 Å². The van der Waals surface area contributed by atoms with E-state index in [0.717, 1.165) is 0 Å². The molecular weight excluding hydrogens is 630 g/mol. The fourth-order valence-electron chi connectivity index (χ4n) is 11.8. The van der Waals surface area contributed by atoms with Crippen molar-refractivity contribution in [2.75, 3.05) is 27.2 Å². The van der Waals surface area contributed by atoms with Gasteiger partial charge in [0.2, 0.25) is 0 Å². The molecular formula is C42H92FN2O3P. The summed E-state index contributed by atoms with van der Waals surface area (Å²) in [5, 5.41) is 0. The SMILES string of the molecule is CCCC[NH+](C)C(CC)(CC)C(CC)(CC)C(C)(CC)CC.CCCC[NH+](C)C(CC)(CC)C(CC)(CC)C(C)(CC)CC.O=P([O-])([O-])F. The molecule has 0 rings (SSSR count). The Morgan fingerprint density at radius 1 is 0.469 bits per heavy atom. The smallest absolute Gasteiger partial charge is 0.110 e. The lowest BCUT2D eigenvalue weighted by Crippen LogP contribution is -3.20. The molecule has 0 amide bonds. The van der Waals surface area contributed by atoms with Crippen molar-refractivity contribution in [3.8, 4) is 0 Å². The van der Waals surface area contributed by atoms with Gasteiger partial charge in [-0.3, -0.25) is 0 Å². The zero-order valence-electron chi connectivity index (χ0n) is 36.8. The molecule has 300 valence electrons. The van der Waals surface area contributed by atoms with E-state index in [0.29, 0.717) is 32.7 Å². The van der Waals surface area contributed by atoms with Crippen molar-refractivity contribution in [2.45, 2.75) is 225 Å². The Morgan fingerprint density at radius 3 is 0.796 bits per heavy atom. The van der Waals surface area contributed by atoms with Crippen LogP contribution in [-0.2, 0) is 4.57 Å². The van der Waals surface area contributed by atoms with Gasteiger partial charge in [-0.2, -0.15) is 0 Å². The Balaban J connectivity index is -0.000000757. The predicted molar refractivity (Wildman–Crippen MR) is 212 cm³/mol. The van der Waals surface area contributed by atoms with Crippen LogP contribution in [0.25, 0.3) is 0 Å². The Kier molecular flexibility index (Phi) is 26.5. The van der Waals surface area contributed by atoms with Gasteiger partial charge in [0.25, 0.3) is 0 Å². The zero-order valence-corrected chi connectivity index (χ0v) is 37.7. The van der Waals surface area contributed by atoms with Crippen molar-refractivity contribution in [3.63, 3.8) is 0 Å². The van der Waals surface area contributed by atoms with Gasteiger partial charge in [-0.1, -0.05) is 124 Å². The molecule has 0 radical (unpaired) electrons. The molecule has 2 unspecified atom stereocenters. The van der Waals surface area contributed by atoms with Crippen LogP contribution in [0, 0.1) is 21.7 Å². The second-order valence-electron chi connectivity index (χ2n) is 15.9. The van der Waals surface area contributed by atoms with Gasteiger partial charge in [-0.15, -0.1) is 0 Å². The number of halogens is 1. The highest BCUT2D eigenvalue weighted by atomic mass is 31.2. The number of unbranched alkanes of at least 4 members (excludes halogenated alkanes) is 2. The van der Waals surface area contributed by atoms with Crippen molar-refractivity contribution in [2.24, 2.45) is 21.7 Å². The van der Waals surface area contributed by atoms with Crippen LogP contribution in [0.15, 0.2) is 0 Å². The minimum absolute atomic E-state index is 0.409. The largest absolute Gasteiger partial charge is 0.786 e. The summed E-state index contributed by atoms with van der Waals surface area (Å²) in [5.74, 6) is 0. The molecule has 49 heavy (non-hydrogen) atoms. The second-order valence-corrected chi connectivity index (χ2v) is 16.8. The first-order valence-electron chi connectivity index (χ1n) is 21.1. The van der Waals surface area contributed by atoms with Gasteiger partial charge in [0.05, 0.1) is 27.2 Å². The van der Waals surface area contributed by atoms with E-state index in [1.54, 1.807) is 9.80 Å². The average molecular weight is 723 g/mol. The maximum absolute atomic E-state index is 10.1. The molecule has 0 aliphatic rings. The topological polar surface area (TPSA) is 72.1 Å². The number of rotatable bonds is 24. The standard InChI is InChI=1S/2C21H45N.FH2O3P/c2*1-10-17-18-22(9)21(15-6,16-7)20(13-4,14-5)19(8,11-2)12-3;1-5(2,3)4/h2*10-18H2,1-9H3;(H2,2,3,4). The summed E-state index contributed by atoms with van der Waals surface area (Å²) >= 11 is 0. The molecule has 0 heterocycles. The quantitative estimate of drug-likeness (QED) is 0.0975. The van der Waals surface area contributed by atoms with Crippen LogP contribution >= 0.6 is 7.91 Å². The van der Waals surface area contributed by atoms with E-state index in [4.69, 9.17) is 14.4 Å². The van der Waals surface area contributed by atoms with E-state index in [1.807, 2.05) is 0 Å². The van der Waals surface area contributed by atoms with Crippen molar-refractivity contribution >= 4 is 7.91 Å². The van der Waals surface area contributed by atoms with E-state index in [-0.39, 0.29) is 0 Å². The Labute approximate surface area is 309 Å². The van der Waals surface area contributed by atoms with Crippen LogP contribution in [0.4, 0.5) is 4.20 Å². The van der Waals surface area contributed by atoms with Gasteiger partial charge in [0, 0.05) is 10.8 Å². The van der Waals surface area contributed by atoms with Crippen LogP contribution in [0.2, 0.25) is 0 Å². The number of hydrogen-bond acceptors (Lipinski definition) is 3. The van der Waals surface area contributed by atoms with E-state index >= 15 is 0 Å². The first kappa shape index (κ1) is 53.4. The van der Waals surface area contributed by atoms with Crippen LogP contribution in [0.3, 0.4) is 0 Å². The molecule has 5 nitrogen and oxygen atoms in total. The molecule has 2 atom stereocenters. The molecule has 0 aromatic carbocycles. The van der Waals surface area contributed by atoms with Gasteiger partial charge >= 0.3 is 0 Å². The van der Waals surface area contributed by atoms with Gasteiger partial charge < -0.3 is 24.2 Å². The maximum Gasteiger partial charge on any atom is 0.110 e. The summed E-state index contributed by atoms with van der Waals surface area (Å²) in [6.45, 7) is 41.7. The molecule has 0 spiro atoms. The van der Waals surface area contributed by atoms with Gasteiger partial charge in [0.1, 0.15) is 19.0 Å². The fraction of sp³-hybridized carbons (Fsp3) is 1.00. The monoisotopic (exact) mass is 723 g/mol. The number of quaternary nitrogens is 2. The highest BCUT2D eigenvalue weighted by Crippen LogP contribution is 2.58. The minimum Gasteiger partial charge on any atom is -0.786 e. The highest BCUT2D eigenvalue weighted by Gasteiger charge is 2.61. The molecule has 0 aliphatic heterocycles. The molecule has 7 heteroatoms. The summed E-state index contributed by atoms with van der Waals surface area (Å²) in [4.78, 5) is 20.5. The lowest BCUT2D eigenvalue weighted by atomic mass is 9.48. The Bertz CT molecular complexity index is 784. The van der Waals surface area contributed by atoms with E-state index < -0.39 is 7.91 Å². The highest BCUT2D eigenvalue weighted by molar-refractivity contribution is 7.42. The third-order valence-corrected chi connectivity index (χ3v) is 15.5. The molecule has 0 saturated heterocycles. The summed E-state index contributed by atoms with van der Waals surface area (Å²) in [6, 6.07) is 0. The van der Waals surface area contributed by atoms with E-state index in [1.165, 1.54) is 116 Å². The maximum atomic E-state index is 10.1. The van der Waals surface area contributed by atoms with Crippen molar-refractivity contribution in [1.82, 2.24) is 0 Å². The minimum atomic E-state index is -5.64. The number of hydrogen-bond donors (Lipinski definition) is 2. The van der Waals surface area contributed by atoms with Gasteiger partial charge in [-0.25, -0.2) is 4.20 Å². The molecule has 0 aromatic rings. The summed E-state index contributed by atoms with van der Waals surface area (Å²) in [6.07, 6.45) is 21.0. The van der Waals surface area contributed by atoms with Crippen LogP contribution in [0.5, 0.6) is 0 Å². The van der Waals surface area contributed by atoms with Gasteiger partial charge in [0.15, 0.2) is 0 Å². The third-order valence-electron chi connectivity index (χ3n) is 15.5. The van der Waals surface area contributed by atoms with Crippen LogP contribution in [-0.4, -0.2) is 38.3 Å². The van der Waals surface area contributed by atoms with Gasteiger partial charge in [-0.05, 0) is 101 Å². The molecule has 2 N–H and O–H groups in total. The average Bonchev–Trinajstić information content (AvgIpc) is 3.09. The fourth-order valence-corrected chi connectivity index (χ4v) is 11.8. The number of nitrogens with one attached hydrogen (secondary N) is 2. The molecule has 0 aromatic heterocycles. The second kappa shape index (κ2) is 24.3. The first-order valence-corrected chi connectivity index (χ1v) is 22.5. The first-order chi connectivity index (χ1) is 22.7. The summed E-state index contributed by atoms with van der Waals surface area (Å²) < 4.78 is 18.6. The normalized spacial score (nSPS) is 14.8. The predicted octanol–water partition coefficient (Wildman–Crippen LogP) is 9.77. The zero-order chi connectivity index (χ0) is 39.4. The molecule has 0 fully saturated rings.